The van der Waals surface area contributed by atoms with Gasteiger partial charge in [-0.2, -0.15) is 0 Å². The van der Waals surface area contributed by atoms with Crippen LogP contribution in [0.4, 0.5) is 0 Å². The number of fused-ring (bicyclic) bond motifs is 5. The van der Waals surface area contributed by atoms with Crippen molar-refractivity contribution in [2.24, 2.45) is 0 Å². The van der Waals surface area contributed by atoms with E-state index < -0.39 is 0 Å². The summed E-state index contributed by atoms with van der Waals surface area (Å²) >= 11 is 0. The van der Waals surface area contributed by atoms with Gasteiger partial charge in [0.15, 0.2) is 0 Å². The molecule has 0 radical (unpaired) electrons. The summed E-state index contributed by atoms with van der Waals surface area (Å²) in [5.74, 6) is 0. The topological polar surface area (TPSA) is 34.9 Å². The number of pyridine rings is 2. The Morgan fingerprint density at radius 1 is 1.00 bits per heavy atom. The van der Waals surface area contributed by atoms with Crippen LogP contribution in [-0.4, -0.2) is 9.55 Å². The van der Waals surface area contributed by atoms with Crippen LogP contribution < -0.4 is 5.56 Å². The van der Waals surface area contributed by atoms with E-state index in [4.69, 9.17) is 4.98 Å². The van der Waals surface area contributed by atoms with Crippen molar-refractivity contribution in [2.45, 2.75) is 13.5 Å². The lowest BCUT2D eigenvalue weighted by Crippen LogP contribution is -2.18. The Bertz CT molecular complexity index is 1170. The maximum Gasteiger partial charge on any atom is 0.259 e. The summed E-state index contributed by atoms with van der Waals surface area (Å²) in [4.78, 5) is 17.7. The van der Waals surface area contributed by atoms with Gasteiger partial charge >= 0.3 is 0 Å². The second kappa shape index (κ2) is 4.29. The molecule has 0 N–H and O–H groups in total. The van der Waals surface area contributed by atoms with Gasteiger partial charge in [-0.15, -0.1) is 0 Å². The first kappa shape index (κ1) is 12.6. The standard InChI is InChI=1S/C20H14N2O/c1-12-14-7-4-5-9-17(14)21-19-16(12)11-22-18(19)10-13-6-2-3-8-15(13)20(22)23/h2-10H,11H2,1H3. The molecule has 3 heteroatoms. The Balaban J connectivity index is 1.93. The maximum atomic E-state index is 12.8. The highest BCUT2D eigenvalue weighted by atomic mass is 16.1. The Labute approximate surface area is 132 Å². The Morgan fingerprint density at radius 2 is 1.74 bits per heavy atom. The third-order valence-corrected chi connectivity index (χ3v) is 4.86. The predicted octanol–water partition coefficient (Wildman–Crippen LogP) is 3.89. The number of benzene rings is 2. The van der Waals surface area contributed by atoms with Gasteiger partial charge in [0.05, 0.1) is 23.4 Å². The first-order chi connectivity index (χ1) is 11.2. The van der Waals surface area contributed by atoms with Crippen molar-refractivity contribution in [2.75, 3.05) is 0 Å². The van der Waals surface area contributed by atoms with Gasteiger partial charge in [0, 0.05) is 16.3 Å². The van der Waals surface area contributed by atoms with Crippen molar-refractivity contribution in [1.29, 1.82) is 0 Å². The van der Waals surface area contributed by atoms with Crippen molar-refractivity contribution in [3.05, 3.63) is 76.1 Å². The molecule has 3 heterocycles. The van der Waals surface area contributed by atoms with E-state index >= 15 is 0 Å². The zero-order chi connectivity index (χ0) is 15.6. The fourth-order valence-electron chi connectivity index (χ4n) is 3.63. The third-order valence-electron chi connectivity index (χ3n) is 4.86. The quantitative estimate of drug-likeness (QED) is 0.435. The molecule has 2 aromatic heterocycles. The fourth-order valence-corrected chi connectivity index (χ4v) is 3.63. The smallest absolute Gasteiger partial charge is 0.259 e. The monoisotopic (exact) mass is 298 g/mol. The van der Waals surface area contributed by atoms with E-state index in [0.29, 0.717) is 6.54 Å². The summed E-state index contributed by atoms with van der Waals surface area (Å²) < 4.78 is 1.85. The largest absolute Gasteiger partial charge is 0.302 e. The van der Waals surface area contributed by atoms with Gasteiger partial charge < -0.3 is 4.57 Å². The third kappa shape index (κ3) is 1.59. The Morgan fingerprint density at radius 3 is 2.61 bits per heavy atom. The highest BCUT2D eigenvalue weighted by molar-refractivity contribution is 5.90. The van der Waals surface area contributed by atoms with Gasteiger partial charge in [-0.05, 0) is 36.1 Å². The van der Waals surface area contributed by atoms with E-state index in [-0.39, 0.29) is 5.56 Å². The van der Waals surface area contributed by atoms with Gasteiger partial charge in [-0.1, -0.05) is 36.4 Å². The summed E-state index contributed by atoms with van der Waals surface area (Å²) in [6.07, 6.45) is 0. The van der Waals surface area contributed by atoms with Crippen LogP contribution in [0.15, 0.2) is 59.4 Å². The molecule has 0 saturated carbocycles. The van der Waals surface area contributed by atoms with E-state index in [0.717, 1.165) is 38.6 Å². The lowest BCUT2D eigenvalue weighted by Gasteiger charge is -2.07. The molecule has 110 valence electrons. The number of aryl methyl sites for hydroxylation is 1. The summed E-state index contributed by atoms with van der Waals surface area (Å²) in [5, 5.41) is 2.91. The van der Waals surface area contributed by atoms with Crippen LogP contribution in [0.25, 0.3) is 33.1 Å². The molecular weight excluding hydrogens is 284 g/mol. The molecule has 4 aromatic rings. The number of rotatable bonds is 0. The highest BCUT2D eigenvalue weighted by Gasteiger charge is 2.24. The minimum atomic E-state index is 0.0690. The van der Waals surface area contributed by atoms with E-state index in [9.17, 15) is 4.79 Å². The number of hydrogen-bond acceptors (Lipinski definition) is 2. The minimum Gasteiger partial charge on any atom is -0.302 e. The Hall–Kier alpha value is -2.94. The molecule has 0 aliphatic carbocycles. The van der Waals surface area contributed by atoms with E-state index in [1.165, 1.54) is 5.56 Å². The minimum absolute atomic E-state index is 0.0690. The molecular formula is C20H14N2O. The van der Waals surface area contributed by atoms with Crippen LogP contribution in [-0.2, 0) is 6.54 Å². The lowest BCUT2D eigenvalue weighted by molar-refractivity contribution is 0.810. The van der Waals surface area contributed by atoms with Gasteiger partial charge in [-0.3, -0.25) is 4.79 Å². The van der Waals surface area contributed by atoms with Crippen molar-refractivity contribution in [1.82, 2.24) is 9.55 Å². The molecule has 1 aliphatic rings. The van der Waals surface area contributed by atoms with E-state index in [1.807, 2.05) is 47.0 Å². The molecule has 2 aromatic carbocycles. The molecule has 23 heavy (non-hydrogen) atoms. The zero-order valence-electron chi connectivity index (χ0n) is 12.7. The normalized spacial score (nSPS) is 12.6. The average Bonchev–Trinajstić information content (AvgIpc) is 2.95. The number of hydrogen-bond donors (Lipinski definition) is 0. The highest BCUT2D eigenvalue weighted by Crippen LogP contribution is 2.35. The maximum absolute atomic E-state index is 12.8. The van der Waals surface area contributed by atoms with Crippen molar-refractivity contribution in [3.63, 3.8) is 0 Å². The molecule has 3 nitrogen and oxygen atoms in total. The van der Waals surface area contributed by atoms with Gasteiger partial charge in [-0.25, -0.2) is 4.98 Å². The number of para-hydroxylation sites is 1. The van der Waals surface area contributed by atoms with Crippen LogP contribution >= 0.6 is 0 Å². The van der Waals surface area contributed by atoms with Crippen LogP contribution in [0.3, 0.4) is 0 Å². The molecule has 0 fully saturated rings. The number of nitrogens with zero attached hydrogens (tertiary/aromatic N) is 2. The van der Waals surface area contributed by atoms with Gasteiger partial charge in [0.2, 0.25) is 0 Å². The summed E-state index contributed by atoms with van der Waals surface area (Å²) in [6.45, 7) is 2.73. The van der Waals surface area contributed by atoms with E-state index in [2.05, 4.69) is 19.1 Å². The number of aromatic nitrogens is 2. The van der Waals surface area contributed by atoms with Crippen LogP contribution in [0.5, 0.6) is 0 Å². The second-order valence-electron chi connectivity index (χ2n) is 6.09. The molecule has 0 amide bonds. The van der Waals surface area contributed by atoms with Crippen LogP contribution in [0.1, 0.15) is 11.1 Å². The first-order valence-corrected chi connectivity index (χ1v) is 7.75. The second-order valence-corrected chi connectivity index (χ2v) is 6.09. The molecule has 5 rings (SSSR count). The molecule has 0 bridgehead atoms. The molecule has 0 spiro atoms. The van der Waals surface area contributed by atoms with Crippen molar-refractivity contribution in [3.8, 4) is 11.4 Å². The first-order valence-electron chi connectivity index (χ1n) is 7.75. The van der Waals surface area contributed by atoms with Crippen LogP contribution in [0.2, 0.25) is 0 Å². The average molecular weight is 298 g/mol. The molecule has 0 atom stereocenters. The molecule has 0 saturated heterocycles. The SMILES string of the molecule is Cc1c2c(nc3ccccc13)-c1cc3ccccc3c(=O)n1C2. The lowest BCUT2D eigenvalue weighted by atomic mass is 10.0. The predicted molar refractivity (Wildman–Crippen MR) is 92.8 cm³/mol. The fraction of sp³-hybridized carbons (Fsp3) is 0.100. The van der Waals surface area contributed by atoms with Crippen molar-refractivity contribution >= 4 is 21.7 Å². The summed E-state index contributed by atoms with van der Waals surface area (Å²) in [6, 6.07) is 18.0. The van der Waals surface area contributed by atoms with Gasteiger partial charge in [0.1, 0.15) is 0 Å². The zero-order valence-corrected chi connectivity index (χ0v) is 12.7. The summed E-state index contributed by atoms with van der Waals surface area (Å²) in [5.41, 5.74) is 5.31. The Kier molecular flexibility index (Phi) is 2.35. The van der Waals surface area contributed by atoms with Crippen LogP contribution in [0, 0.1) is 6.92 Å². The van der Waals surface area contributed by atoms with Gasteiger partial charge in [0.25, 0.3) is 5.56 Å². The summed E-state index contributed by atoms with van der Waals surface area (Å²) in [7, 11) is 0. The van der Waals surface area contributed by atoms with E-state index in [1.54, 1.807) is 0 Å². The van der Waals surface area contributed by atoms with Crippen molar-refractivity contribution < 1.29 is 0 Å². The molecule has 1 aliphatic heterocycles. The molecule has 0 unspecified atom stereocenters.